The van der Waals surface area contributed by atoms with E-state index in [9.17, 15) is 9.90 Å². The Morgan fingerprint density at radius 2 is 2.07 bits per heavy atom. The first-order valence-electron chi connectivity index (χ1n) is 10.7. The summed E-state index contributed by atoms with van der Waals surface area (Å²) in [5.41, 5.74) is 0.964. The number of fused-ring (bicyclic) bond motifs is 1. The quantitative estimate of drug-likeness (QED) is 0.673. The minimum absolute atomic E-state index is 0.0921. The molecule has 0 saturated heterocycles. The molecule has 0 amide bonds. The van der Waals surface area contributed by atoms with Crippen molar-refractivity contribution in [3.05, 3.63) is 40.3 Å². The molecule has 1 unspecified atom stereocenters. The highest BCUT2D eigenvalue weighted by Crippen LogP contribution is 2.26. The number of aliphatic hydroxyl groups excluding tert-OH is 1. The number of nitrogens with zero attached hydrogens (tertiary/aromatic N) is 3. The highest BCUT2D eigenvalue weighted by molar-refractivity contribution is 6.05. The van der Waals surface area contributed by atoms with Crippen LogP contribution in [0.5, 0.6) is 0 Å². The maximum Gasteiger partial charge on any atom is 0.262 e. The van der Waals surface area contributed by atoms with E-state index in [2.05, 4.69) is 30.6 Å². The van der Waals surface area contributed by atoms with Crippen molar-refractivity contribution in [2.24, 2.45) is 10.9 Å². The monoisotopic (exact) mass is 411 g/mol. The third kappa shape index (κ3) is 4.90. The Labute approximate surface area is 177 Å². The normalized spacial score (nSPS) is 16.9. The van der Waals surface area contributed by atoms with Crippen LogP contribution < -0.4 is 16.2 Å². The fourth-order valence-electron chi connectivity index (χ4n) is 3.75. The Balaban J connectivity index is 2.04. The largest absolute Gasteiger partial charge is 0.395 e. The lowest BCUT2D eigenvalue weighted by Crippen LogP contribution is -2.29. The Morgan fingerprint density at radius 1 is 1.30 bits per heavy atom. The van der Waals surface area contributed by atoms with E-state index in [1.807, 2.05) is 32.9 Å². The molecule has 3 N–H and O–H groups in total. The summed E-state index contributed by atoms with van der Waals surface area (Å²) in [6.45, 7) is 11.4. The molecule has 1 aliphatic heterocycles. The lowest BCUT2D eigenvalue weighted by atomic mass is 9.92. The number of dihydropyridines is 1. The Bertz CT molecular complexity index is 1030. The van der Waals surface area contributed by atoms with Gasteiger partial charge in [0.1, 0.15) is 17.5 Å². The predicted octanol–water partition coefficient (Wildman–Crippen LogP) is 3.79. The van der Waals surface area contributed by atoms with Crippen LogP contribution >= 0.6 is 0 Å². The Kier molecular flexibility index (Phi) is 6.61. The maximum atomic E-state index is 13.0. The summed E-state index contributed by atoms with van der Waals surface area (Å²) < 4.78 is 1.51. The number of nitrogens with one attached hydrogen (secondary N) is 2. The minimum atomic E-state index is -0.269. The second-order valence-electron chi connectivity index (χ2n) is 8.76. The van der Waals surface area contributed by atoms with Gasteiger partial charge in [-0.2, -0.15) is 0 Å². The van der Waals surface area contributed by atoms with Crippen molar-refractivity contribution in [3.8, 4) is 0 Å². The zero-order valence-electron chi connectivity index (χ0n) is 18.6. The predicted molar refractivity (Wildman–Crippen MR) is 125 cm³/mol. The van der Waals surface area contributed by atoms with Gasteiger partial charge in [-0.15, -0.1) is 0 Å². The smallest absolute Gasteiger partial charge is 0.262 e. The molecule has 7 nitrogen and oxygen atoms in total. The lowest BCUT2D eigenvalue weighted by Gasteiger charge is -2.24. The van der Waals surface area contributed by atoms with Crippen molar-refractivity contribution in [2.75, 3.05) is 23.8 Å². The van der Waals surface area contributed by atoms with Crippen LogP contribution in [0.3, 0.4) is 0 Å². The van der Waals surface area contributed by atoms with Crippen molar-refractivity contribution in [3.63, 3.8) is 0 Å². The highest BCUT2D eigenvalue weighted by Gasteiger charge is 2.19. The molecule has 7 heteroatoms. The molecule has 0 radical (unpaired) electrons. The van der Waals surface area contributed by atoms with E-state index in [-0.39, 0.29) is 24.2 Å². The van der Waals surface area contributed by atoms with Crippen molar-refractivity contribution in [1.29, 1.82) is 0 Å². The minimum Gasteiger partial charge on any atom is -0.395 e. The van der Waals surface area contributed by atoms with Gasteiger partial charge >= 0.3 is 0 Å². The summed E-state index contributed by atoms with van der Waals surface area (Å²) in [6, 6.07) is 3.76. The number of amidine groups is 1. The zero-order chi connectivity index (χ0) is 21.9. The molecule has 1 atom stereocenters. The van der Waals surface area contributed by atoms with Crippen LogP contribution in [0.1, 0.15) is 47.5 Å². The fourth-order valence-corrected chi connectivity index (χ4v) is 3.75. The third-order valence-corrected chi connectivity index (χ3v) is 5.28. The fraction of sp³-hybridized carbons (Fsp3) is 0.522. The summed E-state index contributed by atoms with van der Waals surface area (Å²) in [5, 5.41) is 17.3. The molecule has 2 aromatic rings. The van der Waals surface area contributed by atoms with Crippen molar-refractivity contribution in [1.82, 2.24) is 9.55 Å². The van der Waals surface area contributed by atoms with E-state index in [1.54, 1.807) is 6.20 Å². The van der Waals surface area contributed by atoms with Gasteiger partial charge in [-0.3, -0.25) is 9.79 Å². The van der Waals surface area contributed by atoms with Gasteiger partial charge in [0, 0.05) is 24.8 Å². The van der Waals surface area contributed by atoms with Crippen LogP contribution in [0.15, 0.2) is 39.8 Å². The van der Waals surface area contributed by atoms with Crippen LogP contribution in [-0.4, -0.2) is 39.2 Å². The Morgan fingerprint density at radius 3 is 2.70 bits per heavy atom. The molecule has 0 spiro atoms. The SMILES string of the molecule is CCC1=CC(Nc2cc3ccn(CCO)c(=O)c3c(NC(C)(C)C)n2)=NCC1CC. The number of aliphatic imine (C=N–C) groups is 1. The van der Waals surface area contributed by atoms with Gasteiger partial charge in [0.2, 0.25) is 0 Å². The number of aromatic nitrogens is 2. The molecule has 3 heterocycles. The Hall–Kier alpha value is -2.67. The van der Waals surface area contributed by atoms with Crippen LogP contribution in [0.2, 0.25) is 0 Å². The number of pyridine rings is 2. The second-order valence-corrected chi connectivity index (χ2v) is 8.76. The number of anilines is 2. The molecule has 1 aliphatic rings. The molecule has 30 heavy (non-hydrogen) atoms. The van der Waals surface area contributed by atoms with Crippen LogP contribution in [0.25, 0.3) is 10.8 Å². The number of hydrogen-bond donors (Lipinski definition) is 3. The van der Waals surface area contributed by atoms with Crippen molar-refractivity contribution < 1.29 is 5.11 Å². The molecule has 0 aromatic carbocycles. The van der Waals surface area contributed by atoms with Crippen LogP contribution in [0, 0.1) is 5.92 Å². The summed E-state index contributed by atoms with van der Waals surface area (Å²) in [6.07, 6.45) is 5.93. The summed E-state index contributed by atoms with van der Waals surface area (Å²) in [4.78, 5) is 22.4. The molecule has 0 fully saturated rings. The van der Waals surface area contributed by atoms with Gasteiger partial charge in [0.15, 0.2) is 0 Å². The van der Waals surface area contributed by atoms with E-state index >= 15 is 0 Å². The summed E-state index contributed by atoms with van der Waals surface area (Å²) in [7, 11) is 0. The molecule has 0 bridgehead atoms. The molecule has 3 rings (SSSR count). The van der Waals surface area contributed by atoms with E-state index in [0.29, 0.717) is 22.9 Å². The zero-order valence-corrected chi connectivity index (χ0v) is 18.6. The first kappa shape index (κ1) is 22.0. The third-order valence-electron chi connectivity index (χ3n) is 5.28. The van der Waals surface area contributed by atoms with Gasteiger partial charge in [0.25, 0.3) is 5.56 Å². The van der Waals surface area contributed by atoms with E-state index in [1.165, 1.54) is 10.1 Å². The molecule has 162 valence electrons. The molecule has 2 aromatic heterocycles. The first-order valence-corrected chi connectivity index (χ1v) is 10.7. The van der Waals surface area contributed by atoms with E-state index in [0.717, 1.165) is 30.6 Å². The van der Waals surface area contributed by atoms with E-state index in [4.69, 9.17) is 9.98 Å². The molecule has 0 saturated carbocycles. The molecular weight excluding hydrogens is 378 g/mol. The first-order chi connectivity index (χ1) is 14.3. The molecule has 0 aliphatic carbocycles. The lowest BCUT2D eigenvalue weighted by molar-refractivity contribution is 0.274. The standard InChI is InChI=1S/C23H33N5O2/c1-6-15-12-18(24-14-16(15)7-2)25-19-13-17-8-9-28(10-11-29)22(30)20(17)21(26-19)27-23(3,4)5/h8-9,12-13,16,29H,6-7,10-11,14H2,1-5H3,(H2,24,25,26,27). The van der Waals surface area contributed by atoms with Crippen molar-refractivity contribution >= 4 is 28.2 Å². The van der Waals surface area contributed by atoms with Gasteiger partial charge in [-0.05, 0) is 63.1 Å². The molecular formula is C23H33N5O2. The van der Waals surface area contributed by atoms with Crippen LogP contribution in [-0.2, 0) is 6.54 Å². The summed E-state index contributed by atoms with van der Waals surface area (Å²) >= 11 is 0. The summed E-state index contributed by atoms with van der Waals surface area (Å²) in [5.74, 6) is 2.49. The van der Waals surface area contributed by atoms with Crippen molar-refractivity contribution in [2.45, 2.75) is 59.5 Å². The van der Waals surface area contributed by atoms with E-state index < -0.39 is 0 Å². The van der Waals surface area contributed by atoms with Crippen LogP contribution in [0.4, 0.5) is 11.6 Å². The maximum absolute atomic E-state index is 13.0. The van der Waals surface area contributed by atoms with Gasteiger partial charge in [-0.1, -0.05) is 19.4 Å². The van der Waals surface area contributed by atoms with Gasteiger partial charge in [-0.25, -0.2) is 4.98 Å². The number of rotatable bonds is 6. The van der Waals surface area contributed by atoms with Gasteiger partial charge < -0.3 is 20.3 Å². The van der Waals surface area contributed by atoms with Gasteiger partial charge in [0.05, 0.1) is 12.0 Å². The number of hydrogen-bond acceptors (Lipinski definition) is 6. The average molecular weight is 412 g/mol. The highest BCUT2D eigenvalue weighted by atomic mass is 16.3. The number of aliphatic hydroxyl groups is 1. The topological polar surface area (TPSA) is 91.5 Å². The second kappa shape index (κ2) is 9.00. The average Bonchev–Trinajstić information content (AvgIpc) is 2.68.